The molecule has 1 saturated carbocycles. The molecule has 0 heterocycles. The van der Waals surface area contributed by atoms with E-state index in [1.807, 2.05) is 0 Å². The fraction of sp³-hybridized carbons (Fsp3) is 0.667. The quantitative estimate of drug-likeness (QED) is 0.332. The van der Waals surface area contributed by atoms with Crippen molar-refractivity contribution in [3.63, 3.8) is 0 Å². The molecule has 1 fully saturated rings. The normalized spacial score (nSPS) is 15.3. The number of alkyl carbamates (subject to hydrolysis) is 1. The van der Waals surface area contributed by atoms with Crippen LogP contribution in [-0.2, 0) is 23.8 Å². The number of carbonyl (C=O) groups is 3. The molecule has 0 aromatic rings. The van der Waals surface area contributed by atoms with Crippen molar-refractivity contribution in [3.8, 4) is 0 Å². The minimum atomic E-state index is -0.678. The molecule has 0 bridgehead atoms. The number of amides is 1. The number of hydrogen-bond acceptors (Lipinski definition) is 6. The molecule has 1 aliphatic rings. The summed E-state index contributed by atoms with van der Waals surface area (Å²) in [7, 11) is 1.21. The highest BCUT2D eigenvalue weighted by atomic mass is 16.6. The summed E-state index contributed by atoms with van der Waals surface area (Å²) in [5, 5.41) is 2.50. The lowest BCUT2D eigenvalue weighted by Crippen LogP contribution is -2.30. The molecule has 1 aliphatic carbocycles. The first-order valence-corrected chi connectivity index (χ1v) is 7.45. The molecule has 124 valence electrons. The predicted molar refractivity (Wildman–Crippen MR) is 78.0 cm³/mol. The SMILES string of the molecule is COC(=O)/C=C/C(=O)OCCNC(=O)OCC1CCCCC1. The van der Waals surface area contributed by atoms with Gasteiger partial charge in [0.15, 0.2) is 0 Å². The Morgan fingerprint density at radius 2 is 1.73 bits per heavy atom. The first kappa shape index (κ1) is 18.0. The van der Waals surface area contributed by atoms with E-state index in [1.165, 1.54) is 26.4 Å². The Kier molecular flexibility index (Phi) is 8.71. The standard InChI is InChI=1S/C15H23NO6/c1-20-13(17)7-8-14(18)21-10-9-16-15(19)22-11-12-5-3-2-4-6-12/h7-8,12H,2-6,9-11H2,1H3,(H,16,19)/b8-7+. The van der Waals surface area contributed by atoms with Crippen LogP contribution in [0.1, 0.15) is 32.1 Å². The van der Waals surface area contributed by atoms with Gasteiger partial charge < -0.3 is 19.5 Å². The van der Waals surface area contributed by atoms with Gasteiger partial charge in [-0.3, -0.25) is 0 Å². The van der Waals surface area contributed by atoms with Crippen molar-refractivity contribution in [1.82, 2.24) is 5.32 Å². The number of rotatable bonds is 7. The predicted octanol–water partition coefficient (Wildman–Crippen LogP) is 1.57. The first-order chi connectivity index (χ1) is 10.6. The zero-order chi connectivity index (χ0) is 16.2. The maximum absolute atomic E-state index is 11.4. The van der Waals surface area contributed by atoms with E-state index in [0.29, 0.717) is 12.5 Å². The summed E-state index contributed by atoms with van der Waals surface area (Å²) in [5.74, 6) is -0.857. The fourth-order valence-electron chi connectivity index (χ4n) is 2.16. The average Bonchev–Trinajstić information content (AvgIpc) is 2.55. The molecule has 1 rings (SSSR count). The Hall–Kier alpha value is -2.05. The zero-order valence-corrected chi connectivity index (χ0v) is 12.8. The maximum atomic E-state index is 11.4. The third kappa shape index (κ3) is 8.28. The molecule has 0 saturated heterocycles. The average molecular weight is 313 g/mol. The number of hydrogen-bond donors (Lipinski definition) is 1. The second kappa shape index (κ2) is 10.6. The van der Waals surface area contributed by atoms with Crippen LogP contribution in [0, 0.1) is 5.92 Å². The molecule has 0 aromatic heterocycles. The van der Waals surface area contributed by atoms with Crippen molar-refractivity contribution in [3.05, 3.63) is 12.2 Å². The van der Waals surface area contributed by atoms with Gasteiger partial charge in [-0.15, -0.1) is 0 Å². The van der Waals surface area contributed by atoms with Crippen LogP contribution in [0.25, 0.3) is 0 Å². The number of ether oxygens (including phenoxy) is 3. The molecule has 0 radical (unpaired) electrons. The van der Waals surface area contributed by atoms with Gasteiger partial charge in [0.2, 0.25) is 0 Å². The van der Waals surface area contributed by atoms with E-state index in [4.69, 9.17) is 9.47 Å². The second-order valence-corrected chi connectivity index (χ2v) is 5.05. The summed E-state index contributed by atoms with van der Waals surface area (Å²) in [5.41, 5.74) is 0. The number of carbonyl (C=O) groups excluding carboxylic acids is 3. The van der Waals surface area contributed by atoms with Crippen LogP contribution in [0.15, 0.2) is 12.2 Å². The van der Waals surface area contributed by atoms with Crippen LogP contribution >= 0.6 is 0 Å². The Morgan fingerprint density at radius 3 is 2.41 bits per heavy atom. The van der Waals surface area contributed by atoms with Gasteiger partial charge >= 0.3 is 18.0 Å². The van der Waals surface area contributed by atoms with Crippen molar-refractivity contribution in [2.75, 3.05) is 26.9 Å². The van der Waals surface area contributed by atoms with Gasteiger partial charge in [-0.1, -0.05) is 19.3 Å². The van der Waals surface area contributed by atoms with Gasteiger partial charge in [-0.25, -0.2) is 14.4 Å². The molecular weight excluding hydrogens is 290 g/mol. The largest absolute Gasteiger partial charge is 0.466 e. The molecule has 1 N–H and O–H groups in total. The molecule has 7 nitrogen and oxygen atoms in total. The summed E-state index contributed by atoms with van der Waals surface area (Å²) in [4.78, 5) is 33.4. The third-order valence-electron chi connectivity index (χ3n) is 3.35. The van der Waals surface area contributed by atoms with E-state index in [0.717, 1.165) is 25.0 Å². The van der Waals surface area contributed by atoms with E-state index >= 15 is 0 Å². The Morgan fingerprint density at radius 1 is 1.05 bits per heavy atom. The molecule has 1 amide bonds. The Balaban J connectivity index is 2.03. The van der Waals surface area contributed by atoms with Crippen molar-refractivity contribution >= 4 is 18.0 Å². The van der Waals surface area contributed by atoms with Crippen LogP contribution in [0.5, 0.6) is 0 Å². The molecule has 7 heteroatoms. The molecule has 0 aliphatic heterocycles. The fourth-order valence-corrected chi connectivity index (χ4v) is 2.16. The molecular formula is C15H23NO6. The van der Waals surface area contributed by atoms with Gasteiger partial charge in [0, 0.05) is 12.2 Å². The van der Waals surface area contributed by atoms with Gasteiger partial charge in [0.25, 0.3) is 0 Å². The molecule has 0 unspecified atom stereocenters. The summed E-state index contributed by atoms with van der Waals surface area (Å²) in [6.07, 6.45) is 7.30. The topological polar surface area (TPSA) is 90.9 Å². The van der Waals surface area contributed by atoms with E-state index in [9.17, 15) is 14.4 Å². The summed E-state index contributed by atoms with van der Waals surface area (Å²) in [6, 6.07) is 0. The Bertz CT molecular complexity index is 401. The van der Waals surface area contributed by atoms with Crippen molar-refractivity contribution in [1.29, 1.82) is 0 Å². The summed E-state index contributed by atoms with van der Waals surface area (Å²) >= 11 is 0. The van der Waals surface area contributed by atoms with Gasteiger partial charge in [0.05, 0.1) is 20.3 Å². The van der Waals surface area contributed by atoms with Crippen LogP contribution < -0.4 is 5.32 Å². The monoisotopic (exact) mass is 313 g/mol. The molecule has 0 spiro atoms. The van der Waals surface area contributed by atoms with E-state index in [2.05, 4.69) is 10.1 Å². The third-order valence-corrected chi connectivity index (χ3v) is 3.35. The molecule has 0 atom stereocenters. The van der Waals surface area contributed by atoms with E-state index < -0.39 is 18.0 Å². The van der Waals surface area contributed by atoms with Crippen molar-refractivity contribution in [2.24, 2.45) is 5.92 Å². The number of methoxy groups -OCH3 is 1. The van der Waals surface area contributed by atoms with Crippen molar-refractivity contribution in [2.45, 2.75) is 32.1 Å². The van der Waals surface area contributed by atoms with Crippen LogP contribution in [0.4, 0.5) is 4.79 Å². The van der Waals surface area contributed by atoms with Crippen molar-refractivity contribution < 1.29 is 28.6 Å². The Labute approximate surface area is 130 Å². The van der Waals surface area contributed by atoms with Gasteiger partial charge in [-0.05, 0) is 18.8 Å². The lowest BCUT2D eigenvalue weighted by molar-refractivity contribution is -0.139. The molecule has 0 aromatic carbocycles. The van der Waals surface area contributed by atoms with E-state index in [1.54, 1.807) is 0 Å². The second-order valence-electron chi connectivity index (χ2n) is 5.05. The minimum absolute atomic E-state index is 0.00285. The minimum Gasteiger partial charge on any atom is -0.466 e. The summed E-state index contributed by atoms with van der Waals surface area (Å²) in [6.45, 7) is 0.595. The highest BCUT2D eigenvalue weighted by Crippen LogP contribution is 2.23. The lowest BCUT2D eigenvalue weighted by Gasteiger charge is -2.21. The summed E-state index contributed by atoms with van der Waals surface area (Å²) < 4.78 is 14.2. The highest BCUT2D eigenvalue weighted by Gasteiger charge is 2.15. The molecule has 22 heavy (non-hydrogen) atoms. The van der Waals surface area contributed by atoms with Gasteiger partial charge in [-0.2, -0.15) is 0 Å². The van der Waals surface area contributed by atoms with Crippen LogP contribution in [0.2, 0.25) is 0 Å². The maximum Gasteiger partial charge on any atom is 0.407 e. The van der Waals surface area contributed by atoms with Gasteiger partial charge in [0.1, 0.15) is 6.61 Å². The van der Waals surface area contributed by atoms with Crippen LogP contribution in [-0.4, -0.2) is 44.9 Å². The van der Waals surface area contributed by atoms with Crippen LogP contribution in [0.3, 0.4) is 0 Å². The highest BCUT2D eigenvalue weighted by molar-refractivity contribution is 5.91. The number of nitrogens with one attached hydrogen (secondary N) is 1. The zero-order valence-electron chi connectivity index (χ0n) is 12.8. The van der Waals surface area contributed by atoms with E-state index in [-0.39, 0.29) is 13.2 Å². The number of esters is 2. The first-order valence-electron chi connectivity index (χ1n) is 7.45. The smallest absolute Gasteiger partial charge is 0.407 e. The lowest BCUT2D eigenvalue weighted by atomic mass is 9.90.